The fourth-order valence-electron chi connectivity index (χ4n) is 3.00. The first-order valence-corrected chi connectivity index (χ1v) is 11.7. The van der Waals surface area contributed by atoms with Crippen LogP contribution in [-0.4, -0.2) is 17.3 Å². The van der Waals surface area contributed by atoms with Crippen molar-refractivity contribution in [1.29, 1.82) is 0 Å². The van der Waals surface area contributed by atoms with Crippen molar-refractivity contribution >= 4 is 46.6 Å². The molecule has 0 spiro atoms. The number of anilines is 1. The summed E-state index contributed by atoms with van der Waals surface area (Å²) in [5, 5.41) is 13.2. The molecule has 0 saturated carbocycles. The van der Waals surface area contributed by atoms with Crippen LogP contribution in [0.1, 0.15) is 25.0 Å². The fraction of sp³-hybridized carbons (Fsp3) is 0.208. The standard InChI is InChI=1S/C24H22Cl2FNO3S/c1-24(2,30)15-9-16(27)11-18(10-15)31-23-20(25)12-17(13-21(23)26)28-22(29)8-14-5-4-6-19(7-14)32-3/h4-7,9-13,30H,8H2,1-3H3,(H,28,29). The van der Waals surface area contributed by atoms with E-state index in [1.807, 2.05) is 30.5 Å². The van der Waals surface area contributed by atoms with Gasteiger partial charge in [0.1, 0.15) is 11.6 Å². The summed E-state index contributed by atoms with van der Waals surface area (Å²) in [7, 11) is 0. The molecule has 3 rings (SSSR count). The van der Waals surface area contributed by atoms with E-state index in [2.05, 4.69) is 5.32 Å². The maximum atomic E-state index is 14.0. The number of carbonyl (C=O) groups is 1. The summed E-state index contributed by atoms with van der Waals surface area (Å²) >= 11 is 14.3. The van der Waals surface area contributed by atoms with Crippen molar-refractivity contribution in [3.05, 3.63) is 81.6 Å². The Morgan fingerprint density at radius 3 is 2.44 bits per heavy atom. The number of hydrogen-bond acceptors (Lipinski definition) is 4. The summed E-state index contributed by atoms with van der Waals surface area (Å²) in [4.78, 5) is 13.5. The molecule has 0 heterocycles. The van der Waals surface area contributed by atoms with Gasteiger partial charge in [-0.1, -0.05) is 35.3 Å². The van der Waals surface area contributed by atoms with Crippen molar-refractivity contribution in [3.63, 3.8) is 0 Å². The number of aliphatic hydroxyl groups is 1. The van der Waals surface area contributed by atoms with E-state index in [1.165, 1.54) is 30.3 Å². The number of ether oxygens (including phenoxy) is 1. The zero-order valence-electron chi connectivity index (χ0n) is 17.7. The highest BCUT2D eigenvalue weighted by molar-refractivity contribution is 7.98. The molecule has 0 unspecified atom stereocenters. The average Bonchev–Trinajstić information content (AvgIpc) is 2.69. The second kappa shape index (κ2) is 10.1. The van der Waals surface area contributed by atoms with Crippen LogP contribution in [0.3, 0.4) is 0 Å². The van der Waals surface area contributed by atoms with Gasteiger partial charge in [0.2, 0.25) is 5.91 Å². The van der Waals surface area contributed by atoms with E-state index in [0.29, 0.717) is 11.3 Å². The Labute approximate surface area is 200 Å². The monoisotopic (exact) mass is 493 g/mol. The third-order valence-corrected chi connectivity index (χ3v) is 5.87. The Morgan fingerprint density at radius 1 is 1.12 bits per heavy atom. The normalized spacial score (nSPS) is 11.3. The lowest BCUT2D eigenvalue weighted by Gasteiger charge is -2.19. The molecular formula is C24H22Cl2FNO3S. The molecule has 0 radical (unpaired) electrons. The topological polar surface area (TPSA) is 58.6 Å². The summed E-state index contributed by atoms with van der Waals surface area (Å²) in [6, 6.07) is 14.7. The van der Waals surface area contributed by atoms with Gasteiger partial charge >= 0.3 is 0 Å². The molecule has 0 aromatic heterocycles. The van der Waals surface area contributed by atoms with Gasteiger partial charge in [0.05, 0.1) is 22.1 Å². The lowest BCUT2D eigenvalue weighted by atomic mass is 9.98. The Morgan fingerprint density at radius 2 is 1.81 bits per heavy atom. The first-order valence-electron chi connectivity index (χ1n) is 9.68. The van der Waals surface area contributed by atoms with E-state index < -0.39 is 11.4 Å². The number of rotatable bonds is 7. The van der Waals surface area contributed by atoms with E-state index in [4.69, 9.17) is 27.9 Å². The SMILES string of the molecule is CSc1cccc(CC(=O)Nc2cc(Cl)c(Oc3cc(F)cc(C(C)(C)O)c3)c(Cl)c2)c1. The Balaban J connectivity index is 1.77. The maximum absolute atomic E-state index is 14.0. The van der Waals surface area contributed by atoms with Crippen LogP contribution in [-0.2, 0) is 16.8 Å². The minimum Gasteiger partial charge on any atom is -0.454 e. The van der Waals surface area contributed by atoms with Crippen LogP contribution in [0.5, 0.6) is 11.5 Å². The number of thioether (sulfide) groups is 1. The molecule has 1 amide bonds. The van der Waals surface area contributed by atoms with Crippen LogP contribution >= 0.6 is 35.0 Å². The van der Waals surface area contributed by atoms with Gasteiger partial charge in [-0.2, -0.15) is 0 Å². The number of nitrogens with one attached hydrogen (secondary N) is 1. The van der Waals surface area contributed by atoms with E-state index in [0.717, 1.165) is 10.5 Å². The summed E-state index contributed by atoms with van der Waals surface area (Å²) in [5.41, 5.74) is 0.390. The first kappa shape index (κ1) is 24.4. The van der Waals surface area contributed by atoms with Crippen molar-refractivity contribution in [2.45, 2.75) is 30.8 Å². The van der Waals surface area contributed by atoms with Gasteiger partial charge in [-0.05, 0) is 67.6 Å². The van der Waals surface area contributed by atoms with Crippen molar-refractivity contribution in [3.8, 4) is 11.5 Å². The van der Waals surface area contributed by atoms with Gasteiger partial charge < -0.3 is 15.2 Å². The van der Waals surface area contributed by atoms with Crippen molar-refractivity contribution in [2.24, 2.45) is 0 Å². The van der Waals surface area contributed by atoms with Crippen LogP contribution in [0.25, 0.3) is 0 Å². The van der Waals surface area contributed by atoms with E-state index in [1.54, 1.807) is 25.6 Å². The lowest BCUT2D eigenvalue weighted by Crippen LogP contribution is -2.15. The zero-order valence-corrected chi connectivity index (χ0v) is 20.0. The van der Waals surface area contributed by atoms with Crippen LogP contribution in [0.4, 0.5) is 10.1 Å². The molecule has 0 aliphatic carbocycles. The van der Waals surface area contributed by atoms with Crippen molar-refractivity contribution < 1.29 is 19.0 Å². The van der Waals surface area contributed by atoms with Crippen LogP contribution < -0.4 is 10.1 Å². The van der Waals surface area contributed by atoms with E-state index in [9.17, 15) is 14.3 Å². The molecule has 0 fully saturated rings. The number of amides is 1. The third-order valence-electron chi connectivity index (χ3n) is 4.58. The van der Waals surface area contributed by atoms with Crippen molar-refractivity contribution in [1.82, 2.24) is 0 Å². The fourth-order valence-corrected chi connectivity index (χ4v) is 4.04. The van der Waals surface area contributed by atoms with Gasteiger partial charge in [0, 0.05) is 16.6 Å². The van der Waals surface area contributed by atoms with Gasteiger partial charge in [-0.3, -0.25) is 4.79 Å². The predicted octanol–water partition coefficient (Wildman–Crippen LogP) is 7.06. The third kappa shape index (κ3) is 6.39. The molecule has 168 valence electrons. The smallest absolute Gasteiger partial charge is 0.228 e. The minimum absolute atomic E-state index is 0.117. The lowest BCUT2D eigenvalue weighted by molar-refractivity contribution is -0.115. The predicted molar refractivity (Wildman–Crippen MR) is 129 cm³/mol. The highest BCUT2D eigenvalue weighted by Gasteiger charge is 2.19. The second-order valence-corrected chi connectivity index (χ2v) is 9.38. The molecular weight excluding hydrogens is 472 g/mol. The summed E-state index contributed by atoms with van der Waals surface area (Å²) in [6.45, 7) is 3.08. The highest BCUT2D eigenvalue weighted by atomic mass is 35.5. The molecule has 0 atom stereocenters. The summed E-state index contributed by atoms with van der Waals surface area (Å²) in [5.74, 6) is -0.534. The summed E-state index contributed by atoms with van der Waals surface area (Å²) < 4.78 is 19.7. The van der Waals surface area contributed by atoms with Gasteiger partial charge in [-0.15, -0.1) is 11.8 Å². The van der Waals surface area contributed by atoms with Crippen LogP contribution in [0, 0.1) is 5.82 Å². The van der Waals surface area contributed by atoms with Gasteiger partial charge in [0.15, 0.2) is 5.75 Å². The summed E-state index contributed by atoms with van der Waals surface area (Å²) in [6.07, 6.45) is 2.17. The Bertz CT molecular complexity index is 1130. The van der Waals surface area contributed by atoms with Crippen LogP contribution in [0.15, 0.2) is 59.5 Å². The first-order chi connectivity index (χ1) is 15.0. The molecule has 0 saturated heterocycles. The molecule has 4 nitrogen and oxygen atoms in total. The maximum Gasteiger partial charge on any atom is 0.228 e. The molecule has 0 aliphatic rings. The number of halogens is 3. The molecule has 3 aromatic rings. The largest absolute Gasteiger partial charge is 0.454 e. The molecule has 2 N–H and O–H groups in total. The van der Waals surface area contributed by atoms with Gasteiger partial charge in [-0.25, -0.2) is 4.39 Å². The van der Waals surface area contributed by atoms with Crippen molar-refractivity contribution in [2.75, 3.05) is 11.6 Å². The molecule has 32 heavy (non-hydrogen) atoms. The number of benzene rings is 3. The minimum atomic E-state index is -1.25. The number of hydrogen-bond donors (Lipinski definition) is 2. The zero-order chi connectivity index (χ0) is 23.5. The molecule has 8 heteroatoms. The molecule has 0 aliphatic heterocycles. The second-order valence-electron chi connectivity index (χ2n) is 7.68. The van der Waals surface area contributed by atoms with Gasteiger partial charge in [0.25, 0.3) is 0 Å². The highest BCUT2D eigenvalue weighted by Crippen LogP contribution is 2.39. The number of carbonyl (C=O) groups excluding carboxylic acids is 1. The van der Waals surface area contributed by atoms with E-state index in [-0.39, 0.29) is 33.9 Å². The molecule has 3 aromatic carbocycles. The molecule has 0 bridgehead atoms. The average molecular weight is 494 g/mol. The quantitative estimate of drug-likeness (QED) is 0.346. The Hall–Kier alpha value is -2.25. The van der Waals surface area contributed by atoms with E-state index >= 15 is 0 Å². The Kier molecular flexibility index (Phi) is 7.72. The van der Waals surface area contributed by atoms with Crippen LogP contribution in [0.2, 0.25) is 10.0 Å².